The van der Waals surface area contributed by atoms with Gasteiger partial charge < -0.3 is 4.98 Å². The van der Waals surface area contributed by atoms with Gasteiger partial charge >= 0.3 is 5.69 Å². The molecule has 3 rings (SSSR count). The van der Waals surface area contributed by atoms with Crippen molar-refractivity contribution in [3.05, 3.63) is 63.1 Å². The molecular weight excluding hydrogens is 320 g/mol. The molecule has 3 aromatic rings. The molecule has 23 heavy (non-hydrogen) atoms. The van der Waals surface area contributed by atoms with Gasteiger partial charge in [0, 0.05) is 17.3 Å². The van der Waals surface area contributed by atoms with Crippen LogP contribution in [0, 0.1) is 6.92 Å². The van der Waals surface area contributed by atoms with Crippen LogP contribution in [0.15, 0.2) is 51.0 Å². The minimum Gasteiger partial charge on any atom is -0.313 e. The number of aromatic amines is 2. The molecule has 0 saturated carbocycles. The zero-order chi connectivity index (χ0) is 16.6. The van der Waals surface area contributed by atoms with Crippen molar-refractivity contribution in [2.45, 2.75) is 11.8 Å². The van der Waals surface area contributed by atoms with Crippen LogP contribution in [0.2, 0.25) is 0 Å². The normalized spacial score (nSPS) is 11.5. The molecule has 0 unspecified atom stereocenters. The number of sulfonamides is 1. The van der Waals surface area contributed by atoms with Crippen molar-refractivity contribution in [2.75, 3.05) is 4.72 Å². The van der Waals surface area contributed by atoms with Gasteiger partial charge in [0.05, 0.1) is 11.2 Å². The first-order valence-corrected chi connectivity index (χ1v) is 8.06. The summed E-state index contributed by atoms with van der Waals surface area (Å²) < 4.78 is 27.2. The molecule has 0 fully saturated rings. The molecule has 0 radical (unpaired) electrons. The van der Waals surface area contributed by atoms with Crippen molar-refractivity contribution in [1.82, 2.24) is 15.0 Å². The summed E-state index contributed by atoms with van der Waals surface area (Å²) in [6.07, 6.45) is 0.861. The number of benzene rings is 1. The number of fused-ring (bicyclic) bond motifs is 1. The molecule has 0 aliphatic rings. The number of rotatable bonds is 3. The zero-order valence-electron chi connectivity index (χ0n) is 12.0. The number of aromatic nitrogens is 3. The van der Waals surface area contributed by atoms with Crippen LogP contribution < -0.4 is 16.0 Å². The van der Waals surface area contributed by atoms with Gasteiger partial charge in [0.25, 0.3) is 15.6 Å². The number of nitrogens with one attached hydrogen (secondary N) is 3. The fourth-order valence-corrected chi connectivity index (χ4v) is 3.27. The van der Waals surface area contributed by atoms with E-state index >= 15 is 0 Å². The monoisotopic (exact) mass is 332 g/mol. The zero-order valence-corrected chi connectivity index (χ0v) is 12.8. The highest BCUT2D eigenvalue weighted by atomic mass is 32.2. The maximum Gasteiger partial charge on any atom is 0.325 e. The Hall–Kier alpha value is -2.94. The molecule has 9 heteroatoms. The van der Waals surface area contributed by atoms with Gasteiger partial charge in [-0.25, -0.2) is 13.2 Å². The van der Waals surface area contributed by atoms with Gasteiger partial charge in [0.15, 0.2) is 4.90 Å². The maximum atomic E-state index is 12.4. The summed E-state index contributed by atoms with van der Waals surface area (Å²) in [4.78, 5) is 30.5. The van der Waals surface area contributed by atoms with Gasteiger partial charge in [-0.1, -0.05) is 18.2 Å². The smallest absolute Gasteiger partial charge is 0.313 e. The van der Waals surface area contributed by atoms with E-state index in [1.54, 1.807) is 37.3 Å². The third kappa shape index (κ3) is 2.86. The standard InChI is InChI=1S/C14H12N4O4S/c1-8-6-11(9-4-2-3-5-10(9)16-8)18-23(21,22)12-7-15-14(20)17-13(12)19/h2-7H,1H3,(H,16,18)(H2,15,17,19,20). The fourth-order valence-electron chi connectivity index (χ4n) is 2.19. The summed E-state index contributed by atoms with van der Waals surface area (Å²) in [5.41, 5.74) is -0.216. The lowest BCUT2D eigenvalue weighted by molar-refractivity contribution is 0.599. The molecule has 0 saturated heterocycles. The predicted molar refractivity (Wildman–Crippen MR) is 85.0 cm³/mol. The van der Waals surface area contributed by atoms with Crippen molar-refractivity contribution >= 4 is 26.6 Å². The Balaban J connectivity index is 2.14. The van der Waals surface area contributed by atoms with Crippen LogP contribution in [0.5, 0.6) is 0 Å². The molecule has 2 aromatic heterocycles. The number of hydrogen-bond donors (Lipinski definition) is 3. The Labute approximate surface area is 130 Å². The Morgan fingerprint density at radius 3 is 2.65 bits per heavy atom. The Bertz CT molecular complexity index is 1120. The minimum absolute atomic E-state index is 0.304. The second-order valence-electron chi connectivity index (χ2n) is 4.87. The highest BCUT2D eigenvalue weighted by molar-refractivity contribution is 7.92. The molecule has 0 bridgehead atoms. The van der Waals surface area contributed by atoms with E-state index in [2.05, 4.69) is 14.7 Å². The molecular formula is C14H12N4O4S. The van der Waals surface area contributed by atoms with Crippen LogP contribution in [0.25, 0.3) is 10.9 Å². The summed E-state index contributed by atoms with van der Waals surface area (Å²) in [6, 6.07) is 8.59. The average molecular weight is 332 g/mol. The van der Waals surface area contributed by atoms with Crippen molar-refractivity contribution in [1.29, 1.82) is 0 Å². The summed E-state index contributed by atoms with van der Waals surface area (Å²) in [6.45, 7) is 1.73. The van der Waals surface area contributed by atoms with E-state index in [1.165, 1.54) is 0 Å². The summed E-state index contributed by atoms with van der Waals surface area (Å²) in [7, 11) is -4.16. The quantitative estimate of drug-likeness (QED) is 0.652. The Morgan fingerprint density at radius 1 is 1.17 bits per heavy atom. The van der Waals surface area contributed by atoms with Crippen LogP contribution in [0.3, 0.4) is 0 Å². The lowest BCUT2D eigenvalue weighted by atomic mass is 10.2. The molecule has 0 amide bonds. The molecule has 0 atom stereocenters. The lowest BCUT2D eigenvalue weighted by Gasteiger charge is -2.10. The summed E-state index contributed by atoms with van der Waals surface area (Å²) >= 11 is 0. The summed E-state index contributed by atoms with van der Waals surface area (Å²) in [5.74, 6) is 0. The van der Waals surface area contributed by atoms with Crippen LogP contribution in [-0.4, -0.2) is 23.4 Å². The molecule has 2 heterocycles. The van der Waals surface area contributed by atoms with Gasteiger partial charge in [0.1, 0.15) is 0 Å². The molecule has 0 aliphatic carbocycles. The highest BCUT2D eigenvalue weighted by Gasteiger charge is 2.20. The second-order valence-corrected chi connectivity index (χ2v) is 6.52. The van der Waals surface area contributed by atoms with Gasteiger partial charge in [-0.3, -0.25) is 19.5 Å². The van der Waals surface area contributed by atoms with Crippen molar-refractivity contribution in [3.63, 3.8) is 0 Å². The predicted octanol–water partition coefficient (Wildman–Crippen LogP) is 0.721. The number of nitrogens with zero attached hydrogens (tertiary/aromatic N) is 1. The first-order valence-electron chi connectivity index (χ1n) is 6.58. The number of anilines is 1. The van der Waals surface area contributed by atoms with Crippen LogP contribution >= 0.6 is 0 Å². The van der Waals surface area contributed by atoms with Crippen molar-refractivity contribution in [3.8, 4) is 0 Å². The van der Waals surface area contributed by atoms with Crippen LogP contribution in [0.1, 0.15) is 5.69 Å². The van der Waals surface area contributed by atoms with Crippen molar-refractivity contribution < 1.29 is 8.42 Å². The van der Waals surface area contributed by atoms with E-state index in [1.807, 2.05) is 4.98 Å². The highest BCUT2D eigenvalue weighted by Crippen LogP contribution is 2.24. The molecule has 8 nitrogen and oxygen atoms in total. The third-order valence-corrected chi connectivity index (χ3v) is 4.53. The molecule has 1 aromatic carbocycles. The van der Waals surface area contributed by atoms with E-state index < -0.39 is 26.2 Å². The van der Waals surface area contributed by atoms with Gasteiger partial charge in [0.2, 0.25) is 0 Å². The maximum absolute atomic E-state index is 12.4. The Morgan fingerprint density at radius 2 is 1.91 bits per heavy atom. The average Bonchev–Trinajstić information content (AvgIpc) is 2.46. The van der Waals surface area contributed by atoms with Crippen LogP contribution in [0.4, 0.5) is 5.69 Å². The minimum atomic E-state index is -4.16. The first-order chi connectivity index (χ1) is 10.9. The summed E-state index contributed by atoms with van der Waals surface area (Å²) in [5, 5.41) is 0.600. The first kappa shape index (κ1) is 15.0. The van der Waals surface area contributed by atoms with Gasteiger partial charge in [-0.15, -0.1) is 0 Å². The number of H-pyrrole nitrogens is 2. The van der Waals surface area contributed by atoms with E-state index in [4.69, 9.17) is 0 Å². The van der Waals surface area contributed by atoms with E-state index in [0.29, 0.717) is 22.3 Å². The second kappa shape index (κ2) is 5.36. The SMILES string of the molecule is Cc1cc(NS(=O)(=O)c2c[nH]c(=O)[nH]c2=O)c2ccccc2n1. The number of hydrogen-bond acceptors (Lipinski definition) is 5. The van der Waals surface area contributed by atoms with E-state index in [0.717, 1.165) is 6.20 Å². The lowest BCUT2D eigenvalue weighted by Crippen LogP contribution is -2.29. The van der Waals surface area contributed by atoms with Gasteiger partial charge in [-0.2, -0.15) is 0 Å². The fraction of sp³-hybridized carbons (Fsp3) is 0.0714. The largest absolute Gasteiger partial charge is 0.325 e. The molecule has 118 valence electrons. The molecule has 0 spiro atoms. The van der Waals surface area contributed by atoms with Gasteiger partial charge in [-0.05, 0) is 19.1 Å². The van der Waals surface area contributed by atoms with Crippen LogP contribution in [-0.2, 0) is 10.0 Å². The molecule has 3 N–H and O–H groups in total. The number of aryl methyl sites for hydroxylation is 1. The number of para-hydroxylation sites is 1. The third-order valence-electron chi connectivity index (χ3n) is 3.16. The van der Waals surface area contributed by atoms with E-state index in [-0.39, 0.29) is 0 Å². The molecule has 0 aliphatic heterocycles. The van der Waals surface area contributed by atoms with Crippen molar-refractivity contribution in [2.24, 2.45) is 0 Å². The number of pyridine rings is 1. The Kier molecular flexibility index (Phi) is 3.49. The topological polar surface area (TPSA) is 125 Å². The van der Waals surface area contributed by atoms with E-state index in [9.17, 15) is 18.0 Å².